The number of likely N-dealkylation sites (tertiary alicyclic amines) is 1. The van der Waals surface area contributed by atoms with Crippen LogP contribution in [0.15, 0.2) is 12.1 Å². The van der Waals surface area contributed by atoms with Gasteiger partial charge in [0.05, 0.1) is 10.7 Å². The molecule has 1 heterocycles. The van der Waals surface area contributed by atoms with E-state index in [-0.39, 0.29) is 16.8 Å². The van der Waals surface area contributed by atoms with Crippen LogP contribution in [0.2, 0.25) is 5.02 Å². The van der Waals surface area contributed by atoms with Crippen LogP contribution in [0.3, 0.4) is 0 Å². The Kier molecular flexibility index (Phi) is 5.24. The molecule has 2 atom stereocenters. The van der Waals surface area contributed by atoms with Gasteiger partial charge in [0.15, 0.2) is 5.82 Å². The van der Waals surface area contributed by atoms with Gasteiger partial charge in [-0.25, -0.2) is 13.6 Å². The molecular weight excluding hydrogens is 312 g/mol. The Hall–Kier alpha value is -1.40. The number of anilines is 1. The van der Waals surface area contributed by atoms with Gasteiger partial charge >= 0.3 is 6.03 Å². The molecule has 0 spiro atoms. The topological polar surface area (TPSA) is 35.6 Å². The molecule has 1 aliphatic heterocycles. The molecule has 1 N–H and O–H groups in total. The van der Waals surface area contributed by atoms with Crippen molar-refractivity contribution in [3.8, 4) is 0 Å². The van der Waals surface area contributed by atoms with E-state index in [0.29, 0.717) is 12.0 Å². The molecule has 0 aliphatic carbocycles. The van der Waals surface area contributed by atoms with Gasteiger partial charge in [-0.15, -0.1) is 0 Å². The van der Waals surface area contributed by atoms with Crippen molar-refractivity contribution in [1.82, 2.24) is 9.80 Å². The Morgan fingerprint density at radius 1 is 1.45 bits per heavy atom. The monoisotopic (exact) mass is 331 g/mol. The Balaban J connectivity index is 2.09. The highest BCUT2D eigenvalue weighted by molar-refractivity contribution is 6.33. The lowest BCUT2D eigenvalue weighted by Gasteiger charge is -2.39. The summed E-state index contributed by atoms with van der Waals surface area (Å²) in [7, 11) is 3.72. The average molecular weight is 332 g/mol. The van der Waals surface area contributed by atoms with Crippen LogP contribution in [0, 0.1) is 17.6 Å². The predicted octanol–water partition coefficient (Wildman–Crippen LogP) is 3.42. The number of carbonyl (C=O) groups excluding carboxylic acids is 1. The summed E-state index contributed by atoms with van der Waals surface area (Å²) in [4.78, 5) is 16.1. The summed E-state index contributed by atoms with van der Waals surface area (Å²) >= 11 is 5.80. The molecule has 2 amide bonds. The number of rotatable bonds is 2. The quantitative estimate of drug-likeness (QED) is 0.901. The van der Waals surface area contributed by atoms with Gasteiger partial charge in [0.25, 0.3) is 0 Å². The van der Waals surface area contributed by atoms with Gasteiger partial charge in [-0.2, -0.15) is 0 Å². The van der Waals surface area contributed by atoms with E-state index in [1.807, 2.05) is 7.05 Å². The third-order valence-electron chi connectivity index (χ3n) is 4.12. The van der Waals surface area contributed by atoms with Gasteiger partial charge in [-0.05, 0) is 32.0 Å². The van der Waals surface area contributed by atoms with E-state index in [9.17, 15) is 13.6 Å². The molecule has 1 aromatic carbocycles. The number of piperidine rings is 1. The number of halogens is 3. The van der Waals surface area contributed by atoms with E-state index in [4.69, 9.17) is 11.6 Å². The lowest BCUT2D eigenvalue weighted by Crippen LogP contribution is -2.50. The standard InChI is InChI=1S/C15H20ClF2N3O/c1-9-8-20(2)5-4-13(9)21(3)15(22)19-14-11(16)6-10(17)7-12(14)18/h6-7,9,13H,4-5,8H2,1-3H3,(H,19,22). The van der Waals surface area contributed by atoms with E-state index < -0.39 is 17.7 Å². The number of carbonyl (C=O) groups is 1. The van der Waals surface area contributed by atoms with E-state index >= 15 is 0 Å². The maximum Gasteiger partial charge on any atom is 0.321 e. The highest BCUT2D eigenvalue weighted by atomic mass is 35.5. The van der Waals surface area contributed by atoms with Gasteiger partial charge < -0.3 is 15.1 Å². The van der Waals surface area contributed by atoms with Crippen LogP contribution in [-0.4, -0.2) is 49.1 Å². The summed E-state index contributed by atoms with van der Waals surface area (Å²) in [5.41, 5.74) is -0.194. The Morgan fingerprint density at radius 2 is 2.14 bits per heavy atom. The number of benzene rings is 1. The molecule has 0 bridgehead atoms. The molecule has 2 rings (SSSR count). The average Bonchev–Trinajstić information content (AvgIpc) is 2.41. The summed E-state index contributed by atoms with van der Waals surface area (Å²) in [5.74, 6) is -1.36. The van der Waals surface area contributed by atoms with Crippen molar-refractivity contribution in [3.05, 3.63) is 28.8 Å². The maximum atomic E-state index is 13.7. The third kappa shape index (κ3) is 3.67. The van der Waals surface area contributed by atoms with Crippen molar-refractivity contribution in [2.45, 2.75) is 19.4 Å². The summed E-state index contributed by atoms with van der Waals surface area (Å²) in [5, 5.41) is 2.28. The minimum absolute atomic E-state index is 0.0680. The normalized spacial score (nSPS) is 22.5. The second-order valence-corrected chi connectivity index (χ2v) is 6.29. The highest BCUT2D eigenvalue weighted by Crippen LogP contribution is 2.27. The second kappa shape index (κ2) is 6.79. The van der Waals surface area contributed by atoms with Crippen molar-refractivity contribution < 1.29 is 13.6 Å². The first-order valence-electron chi connectivity index (χ1n) is 7.16. The molecular formula is C15H20ClF2N3O. The Bertz CT molecular complexity index is 547. The third-order valence-corrected chi connectivity index (χ3v) is 4.42. The van der Waals surface area contributed by atoms with Crippen LogP contribution in [0.5, 0.6) is 0 Å². The zero-order chi connectivity index (χ0) is 16.4. The fourth-order valence-corrected chi connectivity index (χ4v) is 3.17. The molecule has 0 saturated carbocycles. The second-order valence-electron chi connectivity index (χ2n) is 5.88. The molecule has 7 heteroatoms. The summed E-state index contributed by atoms with van der Waals surface area (Å²) in [6.45, 7) is 3.88. The van der Waals surface area contributed by atoms with Crippen LogP contribution in [0.1, 0.15) is 13.3 Å². The van der Waals surface area contributed by atoms with E-state index in [1.54, 1.807) is 11.9 Å². The number of hydrogen-bond acceptors (Lipinski definition) is 2. The van der Waals surface area contributed by atoms with Gasteiger partial charge in [-0.3, -0.25) is 0 Å². The van der Waals surface area contributed by atoms with Crippen LogP contribution >= 0.6 is 11.6 Å². The number of nitrogens with zero attached hydrogens (tertiary/aromatic N) is 2. The van der Waals surface area contributed by atoms with Crippen molar-refractivity contribution >= 4 is 23.3 Å². The first kappa shape index (κ1) is 17.0. The number of hydrogen-bond donors (Lipinski definition) is 1. The van der Waals surface area contributed by atoms with Crippen molar-refractivity contribution in [2.24, 2.45) is 5.92 Å². The van der Waals surface area contributed by atoms with Crippen molar-refractivity contribution in [3.63, 3.8) is 0 Å². The zero-order valence-corrected chi connectivity index (χ0v) is 13.6. The minimum atomic E-state index is -0.886. The molecule has 122 valence electrons. The number of amides is 2. The fourth-order valence-electron chi connectivity index (χ4n) is 2.92. The van der Waals surface area contributed by atoms with Gasteiger partial charge in [0.1, 0.15) is 5.82 Å². The van der Waals surface area contributed by atoms with Gasteiger partial charge in [0, 0.05) is 25.7 Å². The van der Waals surface area contributed by atoms with Crippen LogP contribution in [-0.2, 0) is 0 Å². The highest BCUT2D eigenvalue weighted by Gasteiger charge is 2.30. The summed E-state index contributed by atoms with van der Waals surface area (Å²) in [6.07, 6.45) is 0.848. The molecule has 1 fully saturated rings. The molecule has 1 aromatic rings. The Labute approximate surface area is 134 Å². The molecule has 0 aromatic heterocycles. The van der Waals surface area contributed by atoms with Crippen LogP contribution < -0.4 is 5.32 Å². The largest absolute Gasteiger partial charge is 0.324 e. The summed E-state index contributed by atoms with van der Waals surface area (Å²) < 4.78 is 26.8. The van der Waals surface area contributed by atoms with E-state index in [2.05, 4.69) is 17.1 Å². The molecule has 2 unspecified atom stereocenters. The summed E-state index contributed by atoms with van der Waals surface area (Å²) in [6, 6.07) is 1.28. The molecule has 0 radical (unpaired) electrons. The smallest absolute Gasteiger partial charge is 0.321 e. The maximum absolute atomic E-state index is 13.7. The molecule has 1 aliphatic rings. The fraction of sp³-hybridized carbons (Fsp3) is 0.533. The molecule has 4 nitrogen and oxygen atoms in total. The van der Waals surface area contributed by atoms with E-state index in [0.717, 1.165) is 25.6 Å². The Morgan fingerprint density at radius 3 is 2.73 bits per heavy atom. The predicted molar refractivity (Wildman–Crippen MR) is 83.2 cm³/mol. The molecule has 1 saturated heterocycles. The molecule has 22 heavy (non-hydrogen) atoms. The minimum Gasteiger partial charge on any atom is -0.324 e. The number of nitrogens with one attached hydrogen (secondary N) is 1. The van der Waals surface area contributed by atoms with E-state index in [1.165, 1.54) is 0 Å². The lowest BCUT2D eigenvalue weighted by molar-refractivity contribution is 0.113. The van der Waals surface area contributed by atoms with Gasteiger partial charge in [-0.1, -0.05) is 18.5 Å². The number of urea groups is 1. The van der Waals surface area contributed by atoms with Crippen LogP contribution in [0.25, 0.3) is 0 Å². The van der Waals surface area contributed by atoms with Crippen molar-refractivity contribution in [1.29, 1.82) is 0 Å². The van der Waals surface area contributed by atoms with Crippen LogP contribution in [0.4, 0.5) is 19.3 Å². The zero-order valence-electron chi connectivity index (χ0n) is 12.9. The lowest BCUT2D eigenvalue weighted by atomic mass is 9.93. The van der Waals surface area contributed by atoms with Gasteiger partial charge in [0.2, 0.25) is 0 Å². The SMILES string of the molecule is CC1CN(C)CCC1N(C)C(=O)Nc1c(F)cc(F)cc1Cl. The first-order chi connectivity index (χ1) is 10.3. The van der Waals surface area contributed by atoms with Crippen molar-refractivity contribution in [2.75, 3.05) is 32.5 Å². The first-order valence-corrected chi connectivity index (χ1v) is 7.54.